The molecule has 1 amide bonds. The molecule has 3 aromatic rings. The van der Waals surface area contributed by atoms with Crippen LogP contribution in [0.5, 0.6) is 11.5 Å². The molecule has 230 valence electrons. The third-order valence-electron chi connectivity index (χ3n) is 7.99. The normalized spacial score (nSPS) is 17.8. The first-order valence-electron chi connectivity index (χ1n) is 13.6. The van der Waals surface area contributed by atoms with Crippen molar-refractivity contribution in [1.29, 1.82) is 0 Å². The number of fused-ring (bicyclic) bond motifs is 2. The number of alkyl halides is 6. The van der Waals surface area contributed by atoms with E-state index in [9.17, 15) is 41.0 Å². The van der Waals surface area contributed by atoms with Gasteiger partial charge in [0.25, 0.3) is 0 Å². The summed E-state index contributed by atoms with van der Waals surface area (Å²) in [5, 5.41) is 13.3. The second-order valence-corrected chi connectivity index (χ2v) is 10.7. The van der Waals surface area contributed by atoms with Gasteiger partial charge in [-0.05, 0) is 53.9 Å². The van der Waals surface area contributed by atoms with Gasteiger partial charge in [-0.3, -0.25) is 9.69 Å². The molecule has 5 rings (SSSR count). The van der Waals surface area contributed by atoms with Crippen LogP contribution in [-0.4, -0.2) is 73.1 Å². The largest absolute Gasteiger partial charge is 0.486 e. The van der Waals surface area contributed by atoms with E-state index in [-0.39, 0.29) is 6.42 Å². The summed E-state index contributed by atoms with van der Waals surface area (Å²) in [6, 6.07) is 14.2. The van der Waals surface area contributed by atoms with Crippen LogP contribution in [0.25, 0.3) is 21.9 Å². The predicted octanol–water partition coefficient (Wildman–Crippen LogP) is 5.60. The average molecular weight is 611 g/mol. The number of piperidine rings is 1. The molecule has 43 heavy (non-hydrogen) atoms. The van der Waals surface area contributed by atoms with Crippen molar-refractivity contribution in [3.63, 3.8) is 0 Å². The first-order chi connectivity index (χ1) is 20.3. The van der Waals surface area contributed by atoms with Crippen LogP contribution < -0.4 is 14.8 Å². The van der Waals surface area contributed by atoms with Crippen LogP contribution >= 0.6 is 0 Å². The number of carbonyl (C=O) groups excluding carboxylic acids is 1. The van der Waals surface area contributed by atoms with E-state index >= 15 is 0 Å². The molecule has 7 nitrogen and oxygen atoms in total. The zero-order valence-corrected chi connectivity index (χ0v) is 22.7. The fraction of sp³-hybridized carbons (Fsp3) is 0.400. The van der Waals surface area contributed by atoms with Crippen LogP contribution in [0.15, 0.2) is 54.6 Å². The molecular formula is C30H28F6N2O5. The summed E-state index contributed by atoms with van der Waals surface area (Å²) in [7, 11) is 0. The number of hydrogen-bond acceptors (Lipinski definition) is 5. The molecule has 2 heterocycles. The van der Waals surface area contributed by atoms with Gasteiger partial charge in [0.05, 0.1) is 6.54 Å². The van der Waals surface area contributed by atoms with Crippen LogP contribution in [-0.2, 0) is 16.0 Å². The van der Waals surface area contributed by atoms with E-state index in [1.165, 1.54) is 0 Å². The third kappa shape index (κ3) is 6.22. The highest BCUT2D eigenvalue weighted by Gasteiger charge is 2.61. The lowest BCUT2D eigenvalue weighted by atomic mass is 9.76. The summed E-state index contributed by atoms with van der Waals surface area (Å²) in [6.07, 6.45) is -11.9. The molecule has 0 saturated carbocycles. The molecule has 3 aromatic carbocycles. The number of rotatable bonds is 7. The average Bonchev–Trinajstić information content (AvgIpc) is 2.95. The van der Waals surface area contributed by atoms with Crippen molar-refractivity contribution in [2.45, 2.75) is 37.7 Å². The Labute approximate surface area is 242 Å². The van der Waals surface area contributed by atoms with Gasteiger partial charge >= 0.3 is 18.3 Å². The van der Waals surface area contributed by atoms with Gasteiger partial charge < -0.3 is 19.9 Å². The maximum Gasteiger partial charge on any atom is 0.403 e. The highest BCUT2D eigenvalue weighted by molar-refractivity contribution is 6.00. The van der Waals surface area contributed by atoms with Gasteiger partial charge in [-0.15, -0.1) is 0 Å². The number of para-hydroxylation sites is 1. The predicted molar refractivity (Wildman–Crippen MR) is 144 cm³/mol. The number of halogens is 6. The molecule has 0 unspecified atom stereocenters. The van der Waals surface area contributed by atoms with Gasteiger partial charge in [0.1, 0.15) is 24.7 Å². The fourth-order valence-electron chi connectivity index (χ4n) is 5.78. The van der Waals surface area contributed by atoms with E-state index in [0.29, 0.717) is 35.7 Å². The van der Waals surface area contributed by atoms with Gasteiger partial charge in [0.15, 0.2) is 11.5 Å². The van der Waals surface area contributed by atoms with Crippen LogP contribution in [0, 0.1) is 5.41 Å². The van der Waals surface area contributed by atoms with Crippen LogP contribution in [0.4, 0.5) is 26.3 Å². The maximum atomic E-state index is 14.3. The van der Waals surface area contributed by atoms with E-state index in [0.717, 1.165) is 21.4 Å². The van der Waals surface area contributed by atoms with Gasteiger partial charge in [-0.25, -0.2) is 4.79 Å². The molecule has 2 aliphatic heterocycles. The quantitative estimate of drug-likeness (QED) is 0.339. The van der Waals surface area contributed by atoms with Crippen molar-refractivity contribution in [2.24, 2.45) is 5.41 Å². The molecular weight excluding hydrogens is 582 g/mol. The molecule has 2 N–H and O–H groups in total. The van der Waals surface area contributed by atoms with Gasteiger partial charge in [0.2, 0.25) is 5.91 Å². The Kier molecular flexibility index (Phi) is 8.21. The molecule has 0 radical (unpaired) electrons. The highest BCUT2D eigenvalue weighted by Crippen LogP contribution is 2.47. The van der Waals surface area contributed by atoms with E-state index < -0.39 is 68.2 Å². The van der Waals surface area contributed by atoms with Crippen molar-refractivity contribution in [3.8, 4) is 22.6 Å². The minimum absolute atomic E-state index is 0.331. The van der Waals surface area contributed by atoms with Crippen molar-refractivity contribution < 1.29 is 50.5 Å². The Morgan fingerprint density at radius 1 is 0.884 bits per heavy atom. The van der Waals surface area contributed by atoms with Crippen molar-refractivity contribution in [3.05, 3.63) is 60.2 Å². The highest BCUT2D eigenvalue weighted by atomic mass is 19.4. The summed E-state index contributed by atoms with van der Waals surface area (Å²) in [6.45, 7) is -1.86. The number of nitrogens with zero attached hydrogens (tertiary/aromatic N) is 1. The number of carboxylic acid groups (broad SMARTS) is 1. The summed E-state index contributed by atoms with van der Waals surface area (Å²) in [5.41, 5.74) is -1.04. The maximum absolute atomic E-state index is 14.3. The number of carboxylic acids is 1. The Balaban J connectivity index is 1.42. The monoisotopic (exact) mass is 610 g/mol. The molecule has 2 aliphatic rings. The Bertz CT molecular complexity index is 1520. The standard InChI is InChI=1S/C30H28F6N2O5/c31-29(32,33)17-38-12-10-28(11-13-38,30(34,35)36)27(41)37-23(26(39)40)16-18-4-1-6-20-19(18)5-2-7-21(20)22-8-3-9-24-25(22)43-15-14-42-24/h1-9,23H,10-17H2,(H,37,41)(H,39,40)/t23-/m0/s1. The van der Waals surface area contributed by atoms with Gasteiger partial charge in [-0.1, -0.05) is 48.5 Å². The second-order valence-electron chi connectivity index (χ2n) is 10.7. The molecule has 1 saturated heterocycles. The Hall–Kier alpha value is -4.00. The molecule has 0 aromatic heterocycles. The topological polar surface area (TPSA) is 88.1 Å². The minimum atomic E-state index is -5.10. The molecule has 1 atom stereocenters. The van der Waals surface area contributed by atoms with E-state index in [4.69, 9.17) is 9.47 Å². The number of amides is 1. The number of benzene rings is 3. The first kappa shape index (κ1) is 30.5. The summed E-state index contributed by atoms with van der Waals surface area (Å²) < 4.78 is 92.6. The SMILES string of the molecule is O=C(O)[C@H](Cc1cccc2c(-c3cccc4c3OCCO4)cccc12)NC(=O)C1(C(F)(F)F)CCN(CC(F)(F)F)CC1. The lowest BCUT2D eigenvalue weighted by molar-refractivity contribution is -0.236. The molecule has 13 heteroatoms. The zero-order chi connectivity index (χ0) is 31.0. The lowest BCUT2D eigenvalue weighted by Gasteiger charge is -2.42. The molecule has 0 bridgehead atoms. The van der Waals surface area contributed by atoms with E-state index in [1.54, 1.807) is 30.3 Å². The molecule has 1 fully saturated rings. The number of hydrogen-bond donors (Lipinski definition) is 2. The fourth-order valence-corrected chi connectivity index (χ4v) is 5.78. The van der Waals surface area contributed by atoms with Crippen molar-refractivity contribution in [1.82, 2.24) is 10.2 Å². The number of carbonyl (C=O) groups is 2. The van der Waals surface area contributed by atoms with Gasteiger partial charge in [-0.2, -0.15) is 26.3 Å². The first-order valence-corrected chi connectivity index (χ1v) is 13.6. The summed E-state index contributed by atoms with van der Waals surface area (Å²) >= 11 is 0. The van der Waals surface area contributed by atoms with Crippen molar-refractivity contribution >= 4 is 22.6 Å². The Morgan fingerprint density at radius 3 is 2.19 bits per heavy atom. The third-order valence-corrected chi connectivity index (χ3v) is 7.99. The van der Waals surface area contributed by atoms with Crippen LogP contribution in [0.3, 0.4) is 0 Å². The Morgan fingerprint density at radius 2 is 1.51 bits per heavy atom. The summed E-state index contributed by atoms with van der Waals surface area (Å²) in [5.74, 6) is -1.97. The molecule has 0 aliphatic carbocycles. The number of ether oxygens (including phenoxy) is 2. The molecule has 0 spiro atoms. The zero-order valence-electron chi connectivity index (χ0n) is 22.7. The van der Waals surface area contributed by atoms with E-state index in [2.05, 4.69) is 5.32 Å². The second kappa shape index (κ2) is 11.6. The van der Waals surface area contributed by atoms with Crippen LogP contribution in [0.2, 0.25) is 0 Å². The minimum Gasteiger partial charge on any atom is -0.486 e. The summed E-state index contributed by atoms with van der Waals surface area (Å²) in [4.78, 5) is 26.2. The van der Waals surface area contributed by atoms with E-state index in [1.807, 2.05) is 24.3 Å². The number of likely N-dealkylation sites (tertiary alicyclic amines) is 1. The van der Waals surface area contributed by atoms with Gasteiger partial charge in [0, 0.05) is 12.0 Å². The number of aliphatic carboxylic acids is 1. The van der Waals surface area contributed by atoms with Crippen LogP contribution in [0.1, 0.15) is 18.4 Å². The van der Waals surface area contributed by atoms with Crippen molar-refractivity contribution in [2.75, 3.05) is 32.8 Å². The lowest BCUT2D eigenvalue weighted by Crippen LogP contribution is -2.59. The number of nitrogens with one attached hydrogen (secondary N) is 1. The smallest absolute Gasteiger partial charge is 0.403 e.